The molecule has 0 fully saturated rings. The number of aryl methyl sites for hydroxylation is 3. The molecular weight excluding hydrogens is 318 g/mol. The molecule has 0 bridgehead atoms. The molecule has 6 aromatic rings. The highest BCUT2D eigenvalue weighted by atomic mass is 15.0. The molecule has 0 atom stereocenters. The Morgan fingerprint density at radius 2 is 1.73 bits per heavy atom. The van der Waals surface area contributed by atoms with E-state index < -0.39 is 0 Å². The second-order valence-electron chi connectivity index (χ2n) is 7.39. The van der Waals surface area contributed by atoms with Crippen LogP contribution in [0, 0.1) is 13.8 Å². The summed E-state index contributed by atoms with van der Waals surface area (Å²) in [7, 11) is 2.10. The first-order valence-corrected chi connectivity index (χ1v) is 8.97. The fourth-order valence-electron chi connectivity index (χ4n) is 4.66. The monoisotopic (exact) mass is 336 g/mol. The van der Waals surface area contributed by atoms with Crippen LogP contribution in [0.4, 0.5) is 0 Å². The van der Waals surface area contributed by atoms with Crippen LogP contribution < -0.4 is 4.57 Å². The van der Waals surface area contributed by atoms with Gasteiger partial charge in [0.05, 0.1) is 29.0 Å². The van der Waals surface area contributed by atoms with E-state index in [1.165, 1.54) is 54.7 Å². The third-order valence-electron chi connectivity index (χ3n) is 5.72. The van der Waals surface area contributed by atoms with Gasteiger partial charge < -0.3 is 4.40 Å². The van der Waals surface area contributed by atoms with E-state index >= 15 is 0 Å². The molecule has 3 aromatic heterocycles. The third-order valence-corrected chi connectivity index (χ3v) is 5.72. The van der Waals surface area contributed by atoms with Crippen molar-refractivity contribution in [3.8, 4) is 0 Å². The number of para-hydroxylation sites is 1. The smallest absolute Gasteiger partial charge is 0.287 e. The molecule has 0 saturated heterocycles. The highest BCUT2D eigenvalue weighted by molar-refractivity contribution is 6.25. The molecule has 26 heavy (non-hydrogen) atoms. The van der Waals surface area contributed by atoms with E-state index in [-0.39, 0.29) is 0 Å². The highest BCUT2D eigenvalue weighted by Gasteiger charge is 2.23. The van der Waals surface area contributed by atoms with Gasteiger partial charge >= 0.3 is 0 Å². The molecule has 3 heterocycles. The van der Waals surface area contributed by atoms with Gasteiger partial charge in [0, 0.05) is 16.2 Å². The standard InChI is InChI=1S/C23H18N3/c1-13-10-17-21-19(11-13)26-18-7-5-4-6-15(18)16-9-8-14(2)20(22(16)26)23(21)25(3)12-24-17/h4-12H,1-3H3/q+1. The van der Waals surface area contributed by atoms with Crippen molar-refractivity contribution in [1.29, 1.82) is 0 Å². The lowest BCUT2D eigenvalue weighted by atomic mass is 10.0. The second kappa shape index (κ2) is 4.50. The van der Waals surface area contributed by atoms with Crippen LogP contribution in [-0.2, 0) is 7.05 Å². The van der Waals surface area contributed by atoms with Crippen LogP contribution in [0.15, 0.2) is 54.9 Å². The van der Waals surface area contributed by atoms with Crippen molar-refractivity contribution in [1.82, 2.24) is 9.38 Å². The van der Waals surface area contributed by atoms with Crippen molar-refractivity contribution in [2.45, 2.75) is 13.8 Å². The molecule has 3 nitrogen and oxygen atoms in total. The minimum atomic E-state index is 1.06. The SMILES string of the molecule is Cc1cc2nc[n+](C)c3c4c(C)ccc5c6ccccc6n(c(c1)c23)c54. The van der Waals surface area contributed by atoms with Crippen LogP contribution in [0.3, 0.4) is 0 Å². The minimum Gasteiger partial charge on any atom is -0.308 e. The normalized spacial score (nSPS) is 12.4. The van der Waals surface area contributed by atoms with Gasteiger partial charge in [-0.1, -0.05) is 30.3 Å². The van der Waals surface area contributed by atoms with Gasteiger partial charge in [-0.05, 0) is 48.2 Å². The topological polar surface area (TPSA) is 21.2 Å². The summed E-state index contributed by atoms with van der Waals surface area (Å²) in [5, 5.41) is 5.19. The van der Waals surface area contributed by atoms with Crippen molar-refractivity contribution in [2.24, 2.45) is 7.05 Å². The molecule has 0 amide bonds. The average molecular weight is 336 g/mol. The molecule has 0 radical (unpaired) electrons. The van der Waals surface area contributed by atoms with Crippen molar-refractivity contribution in [2.75, 3.05) is 0 Å². The maximum Gasteiger partial charge on any atom is 0.287 e. The van der Waals surface area contributed by atoms with E-state index in [4.69, 9.17) is 4.98 Å². The maximum atomic E-state index is 4.73. The van der Waals surface area contributed by atoms with E-state index in [9.17, 15) is 0 Å². The van der Waals surface area contributed by atoms with Crippen molar-refractivity contribution < 1.29 is 4.57 Å². The van der Waals surface area contributed by atoms with Crippen LogP contribution in [0.25, 0.3) is 49.1 Å². The van der Waals surface area contributed by atoms with Gasteiger partial charge in [-0.25, -0.2) is 4.57 Å². The Labute approximate surface area is 150 Å². The van der Waals surface area contributed by atoms with Crippen LogP contribution in [0.1, 0.15) is 11.1 Å². The first kappa shape index (κ1) is 14.0. The Balaban J connectivity index is 2.17. The molecular formula is C23H18N3+. The zero-order chi connectivity index (χ0) is 17.6. The molecule has 6 rings (SSSR count). The largest absolute Gasteiger partial charge is 0.308 e. The molecule has 124 valence electrons. The van der Waals surface area contributed by atoms with Gasteiger partial charge in [0.2, 0.25) is 0 Å². The van der Waals surface area contributed by atoms with Gasteiger partial charge in [-0.15, -0.1) is 0 Å². The Kier molecular flexibility index (Phi) is 2.42. The summed E-state index contributed by atoms with van der Waals surface area (Å²) >= 11 is 0. The third kappa shape index (κ3) is 1.50. The summed E-state index contributed by atoms with van der Waals surface area (Å²) in [5.41, 5.74) is 8.68. The Morgan fingerprint density at radius 1 is 0.885 bits per heavy atom. The van der Waals surface area contributed by atoms with E-state index in [1.807, 2.05) is 6.33 Å². The average Bonchev–Trinajstić information content (AvgIpc) is 2.97. The number of hydrogen-bond acceptors (Lipinski definition) is 1. The summed E-state index contributed by atoms with van der Waals surface area (Å²) in [4.78, 5) is 4.73. The number of nitrogens with zero attached hydrogens (tertiary/aromatic N) is 3. The predicted molar refractivity (Wildman–Crippen MR) is 107 cm³/mol. The quantitative estimate of drug-likeness (QED) is 0.221. The summed E-state index contributed by atoms with van der Waals surface area (Å²) in [6, 6.07) is 17.7. The molecule has 0 spiro atoms. The van der Waals surface area contributed by atoms with Gasteiger partial charge in [-0.3, -0.25) is 0 Å². The second-order valence-corrected chi connectivity index (χ2v) is 7.39. The maximum absolute atomic E-state index is 4.73. The Bertz CT molecular complexity index is 1510. The van der Waals surface area contributed by atoms with Gasteiger partial charge in [0.25, 0.3) is 6.33 Å². The van der Waals surface area contributed by atoms with Gasteiger partial charge in [0.15, 0.2) is 5.52 Å². The van der Waals surface area contributed by atoms with Crippen molar-refractivity contribution in [3.63, 3.8) is 0 Å². The van der Waals surface area contributed by atoms with Crippen LogP contribution in [0.2, 0.25) is 0 Å². The summed E-state index contributed by atoms with van der Waals surface area (Å²) in [6.07, 6.45) is 1.94. The zero-order valence-electron chi connectivity index (χ0n) is 15.0. The van der Waals surface area contributed by atoms with Gasteiger partial charge in [-0.2, -0.15) is 0 Å². The summed E-state index contributed by atoms with van der Waals surface area (Å²) in [5.74, 6) is 0. The number of benzene rings is 3. The van der Waals surface area contributed by atoms with Gasteiger partial charge in [0.1, 0.15) is 5.52 Å². The van der Waals surface area contributed by atoms with Crippen LogP contribution >= 0.6 is 0 Å². The van der Waals surface area contributed by atoms with E-state index in [0.717, 1.165) is 5.52 Å². The fraction of sp³-hybridized carbons (Fsp3) is 0.130. The number of aromatic nitrogens is 3. The molecule has 0 N–H and O–H groups in total. The molecule has 0 unspecified atom stereocenters. The summed E-state index contributed by atoms with van der Waals surface area (Å²) < 4.78 is 4.61. The number of pyridine rings is 1. The van der Waals surface area contributed by atoms with Crippen LogP contribution in [-0.4, -0.2) is 9.38 Å². The fourth-order valence-corrected chi connectivity index (χ4v) is 4.66. The number of fused-ring (bicyclic) bond motifs is 5. The van der Waals surface area contributed by atoms with Crippen molar-refractivity contribution in [3.05, 3.63) is 66.0 Å². The lowest BCUT2D eigenvalue weighted by Gasteiger charge is -2.13. The predicted octanol–water partition coefficient (Wildman–Crippen LogP) is 4.83. The van der Waals surface area contributed by atoms with Crippen LogP contribution in [0.5, 0.6) is 0 Å². The molecule has 0 saturated carbocycles. The van der Waals surface area contributed by atoms with Crippen molar-refractivity contribution >= 4 is 49.1 Å². The molecule has 0 aliphatic rings. The zero-order valence-corrected chi connectivity index (χ0v) is 15.0. The molecule has 3 aromatic carbocycles. The Morgan fingerprint density at radius 3 is 2.62 bits per heavy atom. The molecule has 3 heteroatoms. The lowest BCUT2D eigenvalue weighted by Crippen LogP contribution is -2.30. The highest BCUT2D eigenvalue weighted by Crippen LogP contribution is 2.40. The first-order chi connectivity index (χ1) is 12.6. The molecule has 0 aliphatic heterocycles. The first-order valence-electron chi connectivity index (χ1n) is 8.97. The van der Waals surface area contributed by atoms with E-state index in [0.29, 0.717) is 0 Å². The number of rotatable bonds is 0. The molecule has 0 aliphatic carbocycles. The summed E-state index contributed by atoms with van der Waals surface area (Å²) in [6.45, 7) is 4.36. The minimum absolute atomic E-state index is 1.06. The van der Waals surface area contributed by atoms with E-state index in [2.05, 4.69) is 78.4 Å². The number of hydrogen-bond donors (Lipinski definition) is 0. The van der Waals surface area contributed by atoms with E-state index in [1.54, 1.807) is 0 Å². The Hall–Kier alpha value is -3.20. The lowest BCUT2D eigenvalue weighted by molar-refractivity contribution is -0.646.